The molecule has 7 nitrogen and oxygen atoms in total. The van der Waals surface area contributed by atoms with Gasteiger partial charge in [-0.25, -0.2) is 9.97 Å². The molecule has 20 heavy (non-hydrogen) atoms. The molecule has 0 aliphatic rings. The molecule has 0 fully saturated rings. The van der Waals surface area contributed by atoms with E-state index in [0.29, 0.717) is 13.1 Å². The number of hydrogen-bond acceptors (Lipinski definition) is 6. The summed E-state index contributed by atoms with van der Waals surface area (Å²) in [7, 11) is 0. The maximum Gasteiger partial charge on any atom is 0.225 e. The number of aromatic amines is 1. The van der Waals surface area contributed by atoms with Crippen molar-refractivity contribution in [2.45, 2.75) is 33.4 Å². The van der Waals surface area contributed by atoms with Crippen LogP contribution >= 0.6 is 11.3 Å². The predicted molar refractivity (Wildman–Crippen MR) is 77.5 cm³/mol. The van der Waals surface area contributed by atoms with E-state index in [-0.39, 0.29) is 11.9 Å². The van der Waals surface area contributed by atoms with Crippen molar-refractivity contribution in [2.75, 3.05) is 11.4 Å². The lowest BCUT2D eigenvalue weighted by atomic mass is 10.3. The van der Waals surface area contributed by atoms with Crippen LogP contribution in [0.5, 0.6) is 0 Å². The Morgan fingerprint density at radius 1 is 1.60 bits per heavy atom. The molecule has 0 radical (unpaired) electrons. The van der Waals surface area contributed by atoms with Crippen molar-refractivity contribution in [2.24, 2.45) is 0 Å². The van der Waals surface area contributed by atoms with E-state index in [9.17, 15) is 4.79 Å². The Labute approximate surface area is 121 Å². The van der Waals surface area contributed by atoms with E-state index in [1.807, 2.05) is 19.2 Å². The lowest BCUT2D eigenvalue weighted by molar-refractivity contribution is -0.116. The summed E-state index contributed by atoms with van der Waals surface area (Å²) in [5.41, 5.74) is 0.913. The quantitative estimate of drug-likeness (QED) is 0.843. The molecule has 2 N–H and O–H groups in total. The normalized spacial score (nSPS) is 12.3. The minimum Gasteiger partial charge on any atom is -0.302 e. The van der Waals surface area contributed by atoms with E-state index in [2.05, 4.69) is 25.5 Å². The van der Waals surface area contributed by atoms with Crippen LogP contribution in [0.15, 0.2) is 11.7 Å². The first-order valence-corrected chi connectivity index (χ1v) is 7.31. The minimum absolute atomic E-state index is 0.0105. The molecule has 0 aliphatic heterocycles. The van der Waals surface area contributed by atoms with Gasteiger partial charge in [-0.2, -0.15) is 5.10 Å². The van der Waals surface area contributed by atoms with E-state index >= 15 is 0 Å². The fourth-order valence-electron chi connectivity index (χ4n) is 1.77. The number of nitrogens with one attached hydrogen (secondary N) is 2. The summed E-state index contributed by atoms with van der Waals surface area (Å²) >= 11 is 1.48. The van der Waals surface area contributed by atoms with Crippen LogP contribution in [0.25, 0.3) is 0 Å². The van der Waals surface area contributed by atoms with Gasteiger partial charge in [0, 0.05) is 25.4 Å². The summed E-state index contributed by atoms with van der Waals surface area (Å²) in [5, 5.41) is 12.7. The van der Waals surface area contributed by atoms with Gasteiger partial charge in [-0.3, -0.25) is 14.8 Å². The van der Waals surface area contributed by atoms with Gasteiger partial charge in [0.25, 0.3) is 0 Å². The van der Waals surface area contributed by atoms with Crippen LogP contribution in [-0.4, -0.2) is 32.6 Å². The summed E-state index contributed by atoms with van der Waals surface area (Å²) in [4.78, 5) is 21.7. The standard InChI is InChI=1S/C12H18N6OS/c1-4-18(9(3)19)12-16-10(6-20-12)5-13-8(2)11-14-7-15-17-11/h6-8,13H,4-5H2,1-3H3,(H,14,15,17). The highest BCUT2D eigenvalue weighted by atomic mass is 32.1. The van der Waals surface area contributed by atoms with Gasteiger partial charge < -0.3 is 5.32 Å². The summed E-state index contributed by atoms with van der Waals surface area (Å²) < 4.78 is 0. The van der Waals surface area contributed by atoms with Gasteiger partial charge in [-0.15, -0.1) is 11.3 Å². The number of hydrogen-bond donors (Lipinski definition) is 2. The SMILES string of the molecule is CCN(C(C)=O)c1nc(CNC(C)c2ncn[nH]2)cs1. The second-order valence-corrected chi connectivity index (χ2v) is 5.19. The first kappa shape index (κ1) is 14.6. The zero-order valence-corrected chi connectivity index (χ0v) is 12.6. The van der Waals surface area contributed by atoms with Gasteiger partial charge in [0.05, 0.1) is 11.7 Å². The van der Waals surface area contributed by atoms with Crippen LogP contribution in [-0.2, 0) is 11.3 Å². The van der Waals surface area contributed by atoms with Gasteiger partial charge in [-0.1, -0.05) is 0 Å². The van der Waals surface area contributed by atoms with E-state index in [1.54, 1.807) is 11.8 Å². The number of anilines is 1. The van der Waals surface area contributed by atoms with Crippen LogP contribution < -0.4 is 10.2 Å². The first-order valence-electron chi connectivity index (χ1n) is 6.43. The molecule has 0 bridgehead atoms. The fourth-order valence-corrected chi connectivity index (χ4v) is 2.70. The number of thiazole rings is 1. The number of amides is 1. The maximum atomic E-state index is 11.5. The Hall–Kier alpha value is -1.80. The van der Waals surface area contributed by atoms with E-state index < -0.39 is 0 Å². The maximum absolute atomic E-state index is 11.5. The van der Waals surface area contributed by atoms with Crippen molar-refractivity contribution in [3.63, 3.8) is 0 Å². The third-order valence-electron chi connectivity index (χ3n) is 2.90. The number of carbonyl (C=O) groups is 1. The van der Waals surface area contributed by atoms with Crippen LogP contribution in [0.4, 0.5) is 5.13 Å². The molecule has 0 spiro atoms. The average molecular weight is 294 g/mol. The van der Waals surface area contributed by atoms with Gasteiger partial charge in [0.2, 0.25) is 5.91 Å². The molecular weight excluding hydrogens is 276 g/mol. The molecule has 1 amide bonds. The first-order chi connectivity index (χ1) is 9.61. The van der Waals surface area contributed by atoms with E-state index in [1.165, 1.54) is 17.7 Å². The second-order valence-electron chi connectivity index (χ2n) is 4.36. The molecule has 8 heteroatoms. The van der Waals surface area contributed by atoms with Crippen LogP contribution in [0.1, 0.15) is 38.3 Å². The molecule has 2 heterocycles. The van der Waals surface area contributed by atoms with Gasteiger partial charge >= 0.3 is 0 Å². The molecule has 0 aliphatic carbocycles. The molecule has 1 atom stereocenters. The lowest BCUT2D eigenvalue weighted by Crippen LogP contribution is -2.27. The Kier molecular flexibility index (Phi) is 4.80. The molecule has 2 aromatic rings. The predicted octanol–water partition coefficient (Wildman–Crippen LogP) is 1.48. The number of carbonyl (C=O) groups excluding carboxylic acids is 1. The molecule has 108 valence electrons. The summed E-state index contributed by atoms with van der Waals surface area (Å²) in [6.07, 6.45) is 1.49. The largest absolute Gasteiger partial charge is 0.302 e. The van der Waals surface area contributed by atoms with Crippen molar-refractivity contribution in [3.8, 4) is 0 Å². The van der Waals surface area contributed by atoms with E-state index in [4.69, 9.17) is 0 Å². The van der Waals surface area contributed by atoms with Gasteiger partial charge in [0.1, 0.15) is 12.2 Å². The molecule has 1 unspecified atom stereocenters. The second kappa shape index (κ2) is 6.58. The summed E-state index contributed by atoms with van der Waals surface area (Å²) in [6, 6.07) is 0.0673. The van der Waals surface area contributed by atoms with Crippen molar-refractivity contribution >= 4 is 22.4 Å². The molecule has 2 aromatic heterocycles. The Bertz CT molecular complexity index is 552. The number of rotatable bonds is 6. The van der Waals surface area contributed by atoms with Crippen molar-refractivity contribution in [1.29, 1.82) is 0 Å². The lowest BCUT2D eigenvalue weighted by Gasteiger charge is -2.14. The van der Waals surface area contributed by atoms with Crippen molar-refractivity contribution in [1.82, 2.24) is 25.5 Å². The summed E-state index contributed by atoms with van der Waals surface area (Å²) in [5.74, 6) is 0.802. The smallest absolute Gasteiger partial charge is 0.225 e. The highest BCUT2D eigenvalue weighted by molar-refractivity contribution is 7.14. The van der Waals surface area contributed by atoms with Crippen molar-refractivity contribution in [3.05, 3.63) is 23.2 Å². The molecule has 2 rings (SSSR count). The molecule has 0 aromatic carbocycles. The molecular formula is C12H18N6OS. The monoisotopic (exact) mass is 294 g/mol. The van der Waals surface area contributed by atoms with Crippen LogP contribution in [0.2, 0.25) is 0 Å². The Balaban J connectivity index is 1.94. The minimum atomic E-state index is 0.0105. The van der Waals surface area contributed by atoms with Crippen LogP contribution in [0.3, 0.4) is 0 Å². The number of nitrogens with zero attached hydrogens (tertiary/aromatic N) is 4. The van der Waals surface area contributed by atoms with E-state index in [0.717, 1.165) is 16.6 Å². The van der Waals surface area contributed by atoms with Gasteiger partial charge in [0.15, 0.2) is 5.13 Å². The Morgan fingerprint density at radius 3 is 3.00 bits per heavy atom. The Morgan fingerprint density at radius 2 is 2.40 bits per heavy atom. The van der Waals surface area contributed by atoms with Gasteiger partial charge in [-0.05, 0) is 13.8 Å². The molecule has 0 saturated heterocycles. The fraction of sp³-hybridized carbons (Fsp3) is 0.500. The average Bonchev–Trinajstić information content (AvgIpc) is 3.08. The van der Waals surface area contributed by atoms with Crippen LogP contribution in [0, 0.1) is 0 Å². The molecule has 0 saturated carbocycles. The highest BCUT2D eigenvalue weighted by Crippen LogP contribution is 2.20. The zero-order valence-electron chi connectivity index (χ0n) is 11.8. The summed E-state index contributed by atoms with van der Waals surface area (Å²) in [6.45, 7) is 6.74. The third kappa shape index (κ3) is 3.40. The third-order valence-corrected chi connectivity index (χ3v) is 3.81. The topological polar surface area (TPSA) is 86.8 Å². The zero-order chi connectivity index (χ0) is 14.5. The highest BCUT2D eigenvalue weighted by Gasteiger charge is 2.14. The number of aromatic nitrogens is 4. The van der Waals surface area contributed by atoms with Crippen molar-refractivity contribution < 1.29 is 4.79 Å². The number of H-pyrrole nitrogens is 1.